The molecule has 0 aliphatic rings. The van der Waals surface area contributed by atoms with Crippen molar-refractivity contribution in [3.63, 3.8) is 0 Å². The number of anilines is 1. The maximum atomic E-state index is 12.6. The molecule has 0 aliphatic carbocycles. The summed E-state index contributed by atoms with van der Waals surface area (Å²) < 4.78 is 12.0. The first-order valence-corrected chi connectivity index (χ1v) is 8.39. The van der Waals surface area contributed by atoms with E-state index >= 15 is 0 Å². The summed E-state index contributed by atoms with van der Waals surface area (Å²) in [7, 11) is 1.38. The minimum atomic E-state index is -0.567. The zero-order valence-corrected chi connectivity index (χ0v) is 15.4. The van der Waals surface area contributed by atoms with Gasteiger partial charge in [0.2, 0.25) is 0 Å². The molecule has 1 N–H and O–H groups in total. The second-order valence-corrected chi connectivity index (χ2v) is 6.01. The van der Waals surface area contributed by atoms with E-state index in [2.05, 4.69) is 10.4 Å². The van der Waals surface area contributed by atoms with E-state index in [1.54, 1.807) is 24.3 Å². The molecule has 9 nitrogen and oxygen atoms in total. The van der Waals surface area contributed by atoms with E-state index in [0.717, 1.165) is 0 Å². The van der Waals surface area contributed by atoms with E-state index in [9.17, 15) is 14.9 Å². The number of rotatable bonds is 7. The standard InChI is InChI=1S/C18H15ClN4O5/c1-27-16-9-13(8-14(10-16)23(25)26)21-18(24)17-6-7-20-22(17)11-28-15-4-2-12(19)3-5-15/h2-10H,11H2,1H3,(H,21,24). The average molecular weight is 403 g/mol. The number of nitro benzene ring substituents is 1. The van der Waals surface area contributed by atoms with Gasteiger partial charge in [0.25, 0.3) is 11.6 Å². The molecule has 10 heteroatoms. The van der Waals surface area contributed by atoms with E-state index in [1.807, 2.05) is 0 Å². The Labute approximate surface area is 164 Å². The summed E-state index contributed by atoms with van der Waals surface area (Å²) in [6.07, 6.45) is 1.45. The van der Waals surface area contributed by atoms with Crippen molar-refractivity contribution in [3.8, 4) is 11.5 Å². The van der Waals surface area contributed by atoms with E-state index in [1.165, 1.54) is 42.3 Å². The maximum absolute atomic E-state index is 12.6. The van der Waals surface area contributed by atoms with Crippen LogP contribution < -0.4 is 14.8 Å². The molecule has 0 fully saturated rings. The Kier molecular flexibility index (Phi) is 5.75. The smallest absolute Gasteiger partial charge is 0.275 e. The molecule has 1 aromatic heterocycles. The minimum Gasteiger partial charge on any atom is -0.496 e. The van der Waals surface area contributed by atoms with Crippen LogP contribution in [0.5, 0.6) is 11.5 Å². The molecular weight excluding hydrogens is 388 g/mol. The maximum Gasteiger partial charge on any atom is 0.275 e. The van der Waals surface area contributed by atoms with Crippen LogP contribution in [0.15, 0.2) is 54.7 Å². The number of carbonyl (C=O) groups is 1. The average Bonchev–Trinajstić information content (AvgIpc) is 3.16. The zero-order chi connectivity index (χ0) is 20.1. The van der Waals surface area contributed by atoms with Gasteiger partial charge in [-0.25, -0.2) is 4.68 Å². The van der Waals surface area contributed by atoms with Crippen molar-refractivity contribution in [1.82, 2.24) is 9.78 Å². The number of carbonyl (C=O) groups excluding carboxylic acids is 1. The van der Waals surface area contributed by atoms with Crippen LogP contribution in [0.3, 0.4) is 0 Å². The van der Waals surface area contributed by atoms with E-state index in [-0.39, 0.29) is 29.5 Å². The number of halogens is 1. The highest BCUT2D eigenvalue weighted by Crippen LogP contribution is 2.26. The van der Waals surface area contributed by atoms with Crippen LogP contribution in [0.25, 0.3) is 0 Å². The van der Waals surface area contributed by atoms with Gasteiger partial charge in [0.15, 0.2) is 6.73 Å². The normalized spacial score (nSPS) is 10.4. The number of non-ortho nitro benzene ring substituents is 1. The lowest BCUT2D eigenvalue weighted by atomic mass is 10.2. The van der Waals surface area contributed by atoms with E-state index in [4.69, 9.17) is 21.1 Å². The summed E-state index contributed by atoms with van der Waals surface area (Å²) in [5.74, 6) is 0.318. The summed E-state index contributed by atoms with van der Waals surface area (Å²) in [6, 6.07) is 12.3. The van der Waals surface area contributed by atoms with Gasteiger partial charge in [-0.3, -0.25) is 14.9 Å². The van der Waals surface area contributed by atoms with Crippen LogP contribution in [0.1, 0.15) is 10.5 Å². The number of ether oxygens (including phenoxy) is 2. The third-order valence-electron chi connectivity index (χ3n) is 3.71. The Bertz CT molecular complexity index is 1000. The van der Waals surface area contributed by atoms with Gasteiger partial charge >= 0.3 is 0 Å². The molecule has 1 amide bonds. The third kappa shape index (κ3) is 4.57. The summed E-state index contributed by atoms with van der Waals surface area (Å²) in [4.78, 5) is 23.0. The summed E-state index contributed by atoms with van der Waals surface area (Å²) in [6.45, 7) is -0.00432. The predicted octanol–water partition coefficient (Wildman–Crippen LogP) is 3.74. The molecule has 2 aromatic carbocycles. The minimum absolute atomic E-state index is 0.00432. The number of nitro groups is 1. The first-order valence-electron chi connectivity index (χ1n) is 8.01. The highest BCUT2D eigenvalue weighted by Gasteiger charge is 2.16. The van der Waals surface area contributed by atoms with Crippen molar-refractivity contribution < 1.29 is 19.2 Å². The van der Waals surface area contributed by atoms with Crippen molar-refractivity contribution in [2.24, 2.45) is 0 Å². The number of amides is 1. The van der Waals surface area contributed by atoms with Crippen LogP contribution in [-0.4, -0.2) is 27.7 Å². The Balaban J connectivity index is 1.73. The summed E-state index contributed by atoms with van der Waals surface area (Å²) in [5.41, 5.74) is 0.246. The second-order valence-electron chi connectivity index (χ2n) is 5.57. The second kappa shape index (κ2) is 8.40. The monoisotopic (exact) mass is 402 g/mol. The predicted molar refractivity (Wildman–Crippen MR) is 102 cm³/mol. The molecule has 0 radical (unpaired) electrons. The van der Waals surface area contributed by atoms with Crippen molar-refractivity contribution in [2.75, 3.05) is 12.4 Å². The number of benzene rings is 2. The molecule has 0 aliphatic heterocycles. The zero-order valence-electron chi connectivity index (χ0n) is 14.7. The lowest BCUT2D eigenvalue weighted by Crippen LogP contribution is -2.19. The molecular formula is C18H15ClN4O5. The molecule has 0 saturated heterocycles. The van der Waals surface area contributed by atoms with Gasteiger partial charge in [-0.2, -0.15) is 5.10 Å². The Hall–Kier alpha value is -3.59. The van der Waals surface area contributed by atoms with Gasteiger partial charge in [-0.05, 0) is 30.3 Å². The number of methoxy groups -OCH3 is 1. The van der Waals surface area contributed by atoms with Crippen molar-refractivity contribution in [2.45, 2.75) is 6.73 Å². The lowest BCUT2D eigenvalue weighted by Gasteiger charge is -2.11. The topological polar surface area (TPSA) is 109 Å². The third-order valence-corrected chi connectivity index (χ3v) is 3.96. The van der Waals surface area contributed by atoms with Gasteiger partial charge < -0.3 is 14.8 Å². The van der Waals surface area contributed by atoms with E-state index in [0.29, 0.717) is 10.8 Å². The summed E-state index contributed by atoms with van der Waals surface area (Å²) in [5, 5.41) is 18.3. The van der Waals surface area contributed by atoms with Gasteiger partial charge in [0, 0.05) is 23.4 Å². The van der Waals surface area contributed by atoms with Crippen LogP contribution >= 0.6 is 11.6 Å². The molecule has 0 atom stereocenters. The molecule has 0 bridgehead atoms. The number of nitrogens with one attached hydrogen (secondary N) is 1. The van der Waals surface area contributed by atoms with Gasteiger partial charge in [0.05, 0.1) is 23.8 Å². The number of aromatic nitrogens is 2. The molecule has 28 heavy (non-hydrogen) atoms. The van der Waals surface area contributed by atoms with Crippen LogP contribution in [-0.2, 0) is 6.73 Å². The van der Waals surface area contributed by atoms with Gasteiger partial charge in [-0.1, -0.05) is 11.6 Å². The van der Waals surface area contributed by atoms with Crippen LogP contribution in [0, 0.1) is 10.1 Å². The van der Waals surface area contributed by atoms with Gasteiger partial charge in [0.1, 0.15) is 17.2 Å². The van der Waals surface area contributed by atoms with Crippen molar-refractivity contribution in [3.05, 3.63) is 75.6 Å². The fourth-order valence-corrected chi connectivity index (χ4v) is 2.49. The Morgan fingerprint density at radius 1 is 1.21 bits per heavy atom. The highest BCUT2D eigenvalue weighted by molar-refractivity contribution is 6.30. The molecule has 3 rings (SSSR count). The lowest BCUT2D eigenvalue weighted by molar-refractivity contribution is -0.384. The van der Waals surface area contributed by atoms with Crippen molar-refractivity contribution in [1.29, 1.82) is 0 Å². The largest absolute Gasteiger partial charge is 0.496 e. The number of nitrogens with zero attached hydrogens (tertiary/aromatic N) is 3. The number of hydrogen-bond donors (Lipinski definition) is 1. The first kappa shape index (κ1) is 19.2. The van der Waals surface area contributed by atoms with Gasteiger partial charge in [-0.15, -0.1) is 0 Å². The Morgan fingerprint density at radius 3 is 2.64 bits per heavy atom. The molecule has 3 aromatic rings. The summed E-state index contributed by atoms with van der Waals surface area (Å²) >= 11 is 5.83. The molecule has 0 spiro atoms. The van der Waals surface area contributed by atoms with Crippen LogP contribution in [0.4, 0.5) is 11.4 Å². The molecule has 0 saturated carbocycles. The molecule has 144 valence electrons. The number of hydrogen-bond acceptors (Lipinski definition) is 6. The molecule has 1 heterocycles. The fraction of sp³-hybridized carbons (Fsp3) is 0.111. The van der Waals surface area contributed by atoms with E-state index < -0.39 is 10.8 Å². The van der Waals surface area contributed by atoms with Crippen molar-refractivity contribution >= 4 is 28.9 Å². The van der Waals surface area contributed by atoms with Crippen LogP contribution in [0.2, 0.25) is 5.02 Å². The SMILES string of the molecule is COc1cc(NC(=O)c2ccnn2COc2ccc(Cl)cc2)cc([N+](=O)[O-])c1. The first-order chi connectivity index (χ1) is 13.5. The fourth-order valence-electron chi connectivity index (χ4n) is 2.37. The Morgan fingerprint density at radius 2 is 1.96 bits per heavy atom. The highest BCUT2D eigenvalue weighted by atomic mass is 35.5. The quantitative estimate of drug-likeness (QED) is 0.476. The molecule has 0 unspecified atom stereocenters.